The predicted molar refractivity (Wildman–Crippen MR) is 64.4 cm³/mol. The fraction of sp³-hybridized carbons (Fsp3) is 0.462. The van der Waals surface area contributed by atoms with Gasteiger partial charge in [-0.1, -0.05) is 6.07 Å². The van der Waals surface area contributed by atoms with Crippen LogP contribution in [0.2, 0.25) is 0 Å². The van der Waals surface area contributed by atoms with Crippen molar-refractivity contribution in [3.63, 3.8) is 0 Å². The van der Waals surface area contributed by atoms with Gasteiger partial charge in [0.2, 0.25) is 0 Å². The molecule has 104 valence electrons. The van der Waals surface area contributed by atoms with Crippen molar-refractivity contribution in [2.24, 2.45) is 0 Å². The molecule has 0 saturated carbocycles. The third-order valence-electron chi connectivity index (χ3n) is 2.91. The topological polar surface area (TPSA) is 29.5 Å². The van der Waals surface area contributed by atoms with E-state index in [1.807, 2.05) is 4.90 Å². The van der Waals surface area contributed by atoms with E-state index in [2.05, 4.69) is 0 Å². The average molecular weight is 273 g/mol. The van der Waals surface area contributed by atoms with Crippen LogP contribution in [0.15, 0.2) is 24.3 Å². The lowest BCUT2D eigenvalue weighted by molar-refractivity contribution is -0.153. The Morgan fingerprint density at radius 1 is 1.21 bits per heavy atom. The molecule has 0 aliphatic carbocycles. The van der Waals surface area contributed by atoms with Crippen LogP contribution in [-0.2, 0) is 4.79 Å². The maximum atomic E-state index is 12.1. The first-order valence-electron chi connectivity index (χ1n) is 6.00. The number of nitrogens with zero attached hydrogens (tertiary/aromatic N) is 1. The lowest BCUT2D eigenvalue weighted by atomic mass is 10.1. The van der Waals surface area contributed by atoms with Gasteiger partial charge in [0.25, 0.3) is 0 Å². The number of rotatable bonds is 3. The van der Waals surface area contributed by atoms with Crippen molar-refractivity contribution in [3.8, 4) is 5.75 Å². The van der Waals surface area contributed by atoms with E-state index >= 15 is 0 Å². The van der Waals surface area contributed by atoms with Gasteiger partial charge in [0, 0.05) is 37.7 Å². The molecule has 1 fully saturated rings. The zero-order chi connectivity index (χ0) is 13.9. The molecule has 1 saturated heterocycles. The Morgan fingerprint density at radius 3 is 2.53 bits per heavy atom. The molecule has 6 heteroatoms. The molecule has 0 spiro atoms. The second kappa shape index (κ2) is 5.50. The van der Waals surface area contributed by atoms with Gasteiger partial charge in [-0.05, 0) is 12.1 Å². The number of Topliss-reactive ketones (excluding diaryl/α,β-unsaturated/α-hetero) is 1. The van der Waals surface area contributed by atoms with Crippen molar-refractivity contribution < 1.29 is 22.7 Å². The van der Waals surface area contributed by atoms with E-state index in [-0.39, 0.29) is 11.5 Å². The van der Waals surface area contributed by atoms with Gasteiger partial charge in [-0.25, -0.2) is 0 Å². The third kappa shape index (κ3) is 4.15. The van der Waals surface area contributed by atoms with Gasteiger partial charge in [0.1, 0.15) is 11.5 Å². The number of anilines is 1. The zero-order valence-corrected chi connectivity index (χ0v) is 10.2. The smallest absolute Gasteiger partial charge is 0.422 e. The molecule has 0 aromatic heterocycles. The van der Waals surface area contributed by atoms with Crippen LogP contribution in [0.1, 0.15) is 12.8 Å². The number of hydrogen-bond acceptors (Lipinski definition) is 3. The number of halogens is 3. The van der Waals surface area contributed by atoms with E-state index < -0.39 is 12.8 Å². The molecule has 0 atom stereocenters. The fourth-order valence-electron chi connectivity index (χ4n) is 1.95. The molecule has 1 aliphatic heterocycles. The SMILES string of the molecule is O=C1CCN(c2cccc(OCC(F)(F)F)c2)CC1. The van der Waals surface area contributed by atoms with Crippen molar-refractivity contribution >= 4 is 11.5 Å². The van der Waals surface area contributed by atoms with Crippen LogP contribution in [0, 0.1) is 0 Å². The van der Waals surface area contributed by atoms with E-state index in [9.17, 15) is 18.0 Å². The summed E-state index contributed by atoms with van der Waals surface area (Å²) in [6.07, 6.45) is -3.38. The molecular weight excluding hydrogens is 259 g/mol. The minimum atomic E-state index is -4.34. The highest BCUT2D eigenvalue weighted by atomic mass is 19.4. The highest BCUT2D eigenvalue weighted by molar-refractivity contribution is 5.81. The molecule has 2 rings (SSSR count). The maximum absolute atomic E-state index is 12.1. The Balaban J connectivity index is 2.00. The third-order valence-corrected chi connectivity index (χ3v) is 2.91. The molecule has 1 aromatic rings. The molecule has 19 heavy (non-hydrogen) atoms. The number of benzene rings is 1. The largest absolute Gasteiger partial charge is 0.484 e. The molecule has 0 N–H and O–H groups in total. The van der Waals surface area contributed by atoms with Crippen LogP contribution in [0.25, 0.3) is 0 Å². The quantitative estimate of drug-likeness (QED) is 0.848. The van der Waals surface area contributed by atoms with Crippen molar-refractivity contribution in [3.05, 3.63) is 24.3 Å². The normalized spacial score (nSPS) is 16.6. The number of carbonyl (C=O) groups is 1. The van der Waals surface area contributed by atoms with Crippen LogP contribution >= 0.6 is 0 Å². The fourth-order valence-corrected chi connectivity index (χ4v) is 1.95. The summed E-state index contributed by atoms with van der Waals surface area (Å²) in [7, 11) is 0. The monoisotopic (exact) mass is 273 g/mol. The predicted octanol–water partition coefficient (Wildman–Crippen LogP) is 2.80. The minimum Gasteiger partial charge on any atom is -0.484 e. The second-order valence-corrected chi connectivity index (χ2v) is 4.43. The first-order chi connectivity index (χ1) is 8.94. The lowest BCUT2D eigenvalue weighted by Crippen LogP contribution is -2.33. The summed E-state index contributed by atoms with van der Waals surface area (Å²) in [5, 5.41) is 0. The zero-order valence-electron chi connectivity index (χ0n) is 10.2. The second-order valence-electron chi connectivity index (χ2n) is 4.43. The Labute approximate surface area is 109 Å². The van der Waals surface area contributed by atoms with Gasteiger partial charge in [-0.15, -0.1) is 0 Å². The Morgan fingerprint density at radius 2 is 1.89 bits per heavy atom. The van der Waals surface area contributed by atoms with Gasteiger partial charge in [0.05, 0.1) is 0 Å². The van der Waals surface area contributed by atoms with Crippen molar-refractivity contribution in [2.45, 2.75) is 19.0 Å². The number of carbonyl (C=O) groups excluding carboxylic acids is 1. The van der Waals surface area contributed by atoms with Crippen molar-refractivity contribution in [1.29, 1.82) is 0 Å². The lowest BCUT2D eigenvalue weighted by Gasteiger charge is -2.28. The number of hydrogen-bond donors (Lipinski definition) is 0. The van der Waals surface area contributed by atoms with Gasteiger partial charge in [0.15, 0.2) is 6.61 Å². The van der Waals surface area contributed by atoms with Crippen molar-refractivity contribution in [2.75, 3.05) is 24.6 Å². The van der Waals surface area contributed by atoms with Crippen LogP contribution in [0.4, 0.5) is 18.9 Å². The molecule has 0 unspecified atom stereocenters. The summed E-state index contributed by atoms with van der Waals surface area (Å²) in [5.74, 6) is 0.410. The van der Waals surface area contributed by atoms with E-state index in [4.69, 9.17) is 4.74 Å². The molecule has 3 nitrogen and oxygen atoms in total. The van der Waals surface area contributed by atoms with Crippen molar-refractivity contribution in [1.82, 2.24) is 0 Å². The molecule has 0 radical (unpaired) electrons. The molecule has 1 heterocycles. The standard InChI is InChI=1S/C13H14F3NO2/c14-13(15,16)9-19-12-3-1-2-10(8-12)17-6-4-11(18)5-7-17/h1-3,8H,4-7,9H2. The summed E-state index contributed by atoms with van der Waals surface area (Å²) in [4.78, 5) is 13.1. The molecule has 0 amide bonds. The highest BCUT2D eigenvalue weighted by Gasteiger charge is 2.28. The minimum absolute atomic E-state index is 0.187. The average Bonchev–Trinajstić information content (AvgIpc) is 2.37. The first-order valence-corrected chi connectivity index (χ1v) is 6.00. The van der Waals surface area contributed by atoms with Crippen LogP contribution < -0.4 is 9.64 Å². The van der Waals surface area contributed by atoms with Crippen LogP contribution in [-0.4, -0.2) is 31.7 Å². The molecule has 1 aliphatic rings. The molecule has 0 bridgehead atoms. The van der Waals surface area contributed by atoms with Gasteiger partial charge < -0.3 is 9.64 Å². The number of alkyl halides is 3. The summed E-state index contributed by atoms with van der Waals surface area (Å²) in [6, 6.07) is 6.51. The Hall–Kier alpha value is -1.72. The van der Waals surface area contributed by atoms with E-state index in [1.54, 1.807) is 18.2 Å². The molecular formula is C13H14F3NO2. The van der Waals surface area contributed by atoms with E-state index in [0.29, 0.717) is 25.9 Å². The summed E-state index contributed by atoms with van der Waals surface area (Å²) < 4.78 is 40.9. The Bertz CT molecular complexity index is 449. The summed E-state index contributed by atoms with van der Waals surface area (Å²) in [6.45, 7) is -0.0992. The van der Waals surface area contributed by atoms with Gasteiger partial charge in [-0.3, -0.25) is 4.79 Å². The summed E-state index contributed by atoms with van der Waals surface area (Å²) in [5.41, 5.74) is 0.784. The molecule has 1 aromatic carbocycles. The van der Waals surface area contributed by atoms with E-state index in [0.717, 1.165) is 5.69 Å². The summed E-state index contributed by atoms with van der Waals surface area (Å²) >= 11 is 0. The van der Waals surface area contributed by atoms with Crippen LogP contribution in [0.3, 0.4) is 0 Å². The van der Waals surface area contributed by atoms with E-state index in [1.165, 1.54) is 6.07 Å². The Kier molecular flexibility index (Phi) is 3.97. The van der Waals surface area contributed by atoms with Crippen LogP contribution in [0.5, 0.6) is 5.75 Å². The number of piperidine rings is 1. The van der Waals surface area contributed by atoms with Gasteiger partial charge >= 0.3 is 6.18 Å². The number of ketones is 1. The number of ether oxygens (including phenoxy) is 1. The first kappa shape index (κ1) is 13.7. The maximum Gasteiger partial charge on any atom is 0.422 e. The highest BCUT2D eigenvalue weighted by Crippen LogP contribution is 2.25. The van der Waals surface area contributed by atoms with Gasteiger partial charge in [-0.2, -0.15) is 13.2 Å².